The van der Waals surface area contributed by atoms with Crippen LogP contribution in [0.2, 0.25) is 0 Å². The zero-order valence-electron chi connectivity index (χ0n) is 62.8. The summed E-state index contributed by atoms with van der Waals surface area (Å²) in [6, 6.07) is 0. The van der Waals surface area contributed by atoms with Crippen LogP contribution in [0.15, 0.2) is 109 Å². The summed E-state index contributed by atoms with van der Waals surface area (Å²) in [5.41, 5.74) is 0. The zero-order chi connectivity index (χ0) is 73.2. The quantitative estimate of drug-likeness (QED) is 0.0169. The van der Waals surface area contributed by atoms with Gasteiger partial charge in [-0.25, -0.2) is 9.13 Å². The van der Waals surface area contributed by atoms with Gasteiger partial charge in [0.1, 0.15) is 19.3 Å². The molecule has 0 aromatic carbocycles. The Labute approximate surface area is 607 Å². The lowest BCUT2D eigenvalue weighted by Crippen LogP contribution is -2.30. The number of rotatable bonds is 73. The van der Waals surface area contributed by atoms with E-state index in [1.165, 1.54) is 109 Å². The van der Waals surface area contributed by atoms with Gasteiger partial charge in [0.05, 0.1) is 26.4 Å². The first-order valence-corrected chi connectivity index (χ1v) is 42.1. The van der Waals surface area contributed by atoms with E-state index in [1.807, 2.05) is 0 Å². The van der Waals surface area contributed by atoms with Crippen LogP contribution in [-0.2, 0) is 65.4 Å². The van der Waals surface area contributed by atoms with Crippen LogP contribution in [0.25, 0.3) is 0 Å². The molecule has 5 unspecified atom stereocenters. The number of aliphatic hydroxyl groups is 1. The third-order valence-corrected chi connectivity index (χ3v) is 18.2. The van der Waals surface area contributed by atoms with Gasteiger partial charge in [0, 0.05) is 25.7 Å². The molecule has 17 nitrogen and oxygen atoms in total. The lowest BCUT2D eigenvalue weighted by molar-refractivity contribution is -0.161. The van der Waals surface area contributed by atoms with E-state index in [4.69, 9.17) is 37.0 Å². The maximum Gasteiger partial charge on any atom is 0.472 e. The Kier molecular flexibility index (Phi) is 69.9. The Morgan fingerprint density at radius 1 is 0.290 bits per heavy atom. The summed E-state index contributed by atoms with van der Waals surface area (Å²) in [6.07, 6.45) is 78.0. The molecule has 0 saturated heterocycles. The first-order valence-electron chi connectivity index (χ1n) is 39.1. The molecule has 0 bridgehead atoms. The second-order valence-corrected chi connectivity index (χ2v) is 28.8. The highest BCUT2D eigenvalue weighted by atomic mass is 31.2. The summed E-state index contributed by atoms with van der Waals surface area (Å²) in [6.45, 7) is 4.58. The van der Waals surface area contributed by atoms with Gasteiger partial charge in [0.25, 0.3) is 0 Å². The van der Waals surface area contributed by atoms with E-state index in [2.05, 4.69) is 137 Å². The van der Waals surface area contributed by atoms with Crippen LogP contribution in [0.4, 0.5) is 0 Å². The van der Waals surface area contributed by atoms with Gasteiger partial charge in [-0.15, -0.1) is 0 Å². The summed E-state index contributed by atoms with van der Waals surface area (Å²) in [4.78, 5) is 72.9. The second kappa shape index (κ2) is 73.0. The average molecular weight is 1450 g/mol. The van der Waals surface area contributed by atoms with Crippen molar-refractivity contribution in [1.29, 1.82) is 0 Å². The number of aliphatic hydroxyl groups excluding tert-OH is 1. The lowest BCUT2D eigenvalue weighted by atomic mass is 10.0. The first-order chi connectivity index (χ1) is 48.7. The molecule has 0 saturated carbocycles. The number of allylic oxidation sites excluding steroid dienone is 18. The fraction of sp³-hybridized carbons (Fsp3) is 0.728. The Hall–Kier alpha value is -4.28. The number of phosphoric acid groups is 2. The molecule has 19 heteroatoms. The molecular formula is C81H140O17P2. The molecule has 0 aliphatic carbocycles. The van der Waals surface area contributed by atoms with E-state index in [1.54, 1.807) is 0 Å². The molecule has 0 radical (unpaired) electrons. The van der Waals surface area contributed by atoms with Crippen molar-refractivity contribution in [3.8, 4) is 0 Å². The zero-order valence-corrected chi connectivity index (χ0v) is 64.6. The van der Waals surface area contributed by atoms with Crippen LogP contribution in [-0.4, -0.2) is 96.7 Å². The fourth-order valence-electron chi connectivity index (χ4n) is 10.4. The van der Waals surface area contributed by atoms with E-state index in [9.17, 15) is 43.2 Å². The average Bonchev–Trinajstić information content (AvgIpc) is 0.985. The predicted molar refractivity (Wildman–Crippen MR) is 408 cm³/mol. The van der Waals surface area contributed by atoms with Gasteiger partial charge in [-0.05, 0) is 109 Å². The number of ether oxygens (including phenoxy) is 4. The molecule has 5 atom stereocenters. The molecule has 0 aliphatic heterocycles. The van der Waals surface area contributed by atoms with E-state index in [0.29, 0.717) is 32.1 Å². The van der Waals surface area contributed by atoms with Crippen molar-refractivity contribution in [2.45, 2.75) is 341 Å². The number of carbonyl (C=O) groups excluding carboxylic acids is 4. The molecular weight excluding hydrogens is 1310 g/mol. The number of unbranched alkanes of at least 4 members (excludes halogenated alkanes) is 29. The minimum atomic E-state index is -4.99. The molecule has 100 heavy (non-hydrogen) atoms. The van der Waals surface area contributed by atoms with Crippen molar-refractivity contribution < 1.29 is 80.2 Å². The van der Waals surface area contributed by atoms with Gasteiger partial charge >= 0.3 is 39.5 Å². The molecule has 3 N–H and O–H groups in total. The van der Waals surface area contributed by atoms with Crippen LogP contribution >= 0.6 is 15.6 Å². The molecule has 0 fully saturated rings. The largest absolute Gasteiger partial charge is 0.472 e. The van der Waals surface area contributed by atoms with Gasteiger partial charge in [-0.1, -0.05) is 298 Å². The normalized spacial score (nSPS) is 14.5. The Bertz CT molecular complexity index is 2320. The highest BCUT2D eigenvalue weighted by Gasteiger charge is 2.30. The van der Waals surface area contributed by atoms with Crippen molar-refractivity contribution in [2.24, 2.45) is 0 Å². The van der Waals surface area contributed by atoms with Gasteiger partial charge in [0.15, 0.2) is 12.2 Å². The van der Waals surface area contributed by atoms with Crippen molar-refractivity contribution in [2.75, 3.05) is 39.6 Å². The summed E-state index contributed by atoms with van der Waals surface area (Å²) in [5.74, 6) is -2.24. The van der Waals surface area contributed by atoms with E-state index in [0.717, 1.165) is 128 Å². The second-order valence-electron chi connectivity index (χ2n) is 25.9. The Morgan fingerprint density at radius 2 is 0.520 bits per heavy atom. The van der Waals surface area contributed by atoms with E-state index >= 15 is 0 Å². The van der Waals surface area contributed by atoms with Crippen molar-refractivity contribution in [3.63, 3.8) is 0 Å². The highest BCUT2D eigenvalue weighted by molar-refractivity contribution is 7.47. The fourth-order valence-corrected chi connectivity index (χ4v) is 11.9. The van der Waals surface area contributed by atoms with Gasteiger partial charge in [0.2, 0.25) is 0 Å². The van der Waals surface area contributed by atoms with Crippen molar-refractivity contribution in [3.05, 3.63) is 109 Å². The molecule has 0 aromatic rings. The Balaban J connectivity index is 5.37. The topological polar surface area (TPSA) is 237 Å². The maximum atomic E-state index is 13.1. The van der Waals surface area contributed by atoms with E-state index in [-0.39, 0.29) is 25.7 Å². The number of carbonyl (C=O) groups is 4. The predicted octanol–water partition coefficient (Wildman–Crippen LogP) is 22.6. The molecule has 0 aromatic heterocycles. The third kappa shape index (κ3) is 72.1. The molecule has 0 rings (SSSR count). The highest BCUT2D eigenvalue weighted by Crippen LogP contribution is 2.45. The number of esters is 4. The number of hydrogen-bond acceptors (Lipinski definition) is 15. The van der Waals surface area contributed by atoms with Gasteiger partial charge in [-0.2, -0.15) is 0 Å². The van der Waals surface area contributed by atoms with Gasteiger partial charge < -0.3 is 33.8 Å². The van der Waals surface area contributed by atoms with Gasteiger partial charge in [-0.3, -0.25) is 37.3 Å². The lowest BCUT2D eigenvalue weighted by Gasteiger charge is -2.21. The smallest absolute Gasteiger partial charge is 0.462 e. The van der Waals surface area contributed by atoms with Crippen molar-refractivity contribution in [1.82, 2.24) is 0 Å². The summed E-state index contributed by atoms with van der Waals surface area (Å²) in [5, 5.41) is 10.6. The monoisotopic (exact) mass is 1450 g/mol. The maximum absolute atomic E-state index is 13.1. The van der Waals surface area contributed by atoms with Crippen LogP contribution in [0, 0.1) is 0 Å². The Morgan fingerprint density at radius 3 is 0.820 bits per heavy atom. The molecule has 0 heterocycles. The van der Waals surface area contributed by atoms with Crippen LogP contribution in [0.3, 0.4) is 0 Å². The van der Waals surface area contributed by atoms with Crippen molar-refractivity contribution >= 4 is 39.5 Å². The molecule has 0 spiro atoms. The SMILES string of the molecule is CC/C=C\C/C=C\C/C=C\C/C=C\C/C=C\CCCCCC(=O)OCC(COP(=O)(O)OCC(O)COP(=O)(O)OCC(COC(=O)CCCCCCCCCCCCCCCCC)OC(=O)CCCCCCCCCCCCC)OC(=O)CCCC/C=C\C/C=C\C/C=C\C/C=C\CC. The van der Waals surface area contributed by atoms with Crippen LogP contribution in [0.5, 0.6) is 0 Å². The molecule has 576 valence electrons. The van der Waals surface area contributed by atoms with E-state index < -0.39 is 97.5 Å². The first kappa shape index (κ1) is 95.7. The minimum absolute atomic E-state index is 0.0338. The number of hydrogen-bond donors (Lipinski definition) is 3. The standard InChI is InChI=1S/C81H140O17P2/c1-5-9-13-17-21-25-29-32-35-36-37-38-41-43-47-50-54-58-62-66-79(84)92-72-77(98-81(86)68-64-60-56-52-48-44-40-34-31-27-23-19-15-11-7-3)74-96-100(89,90)94-70-75(82)69-93-99(87,88)95-73-76(97-80(85)67-63-59-55-51-45-28-24-20-16-12-8-4)71-91-78(83)65-61-57-53-49-46-42-39-33-30-26-22-18-14-10-6-2/h9,11,13,15,21,23,25,27,32,34-35,37-38,40,43,47-48,52,75-77,82H,5-8,10,12,14,16-20,22,24,26,28-31,33,36,39,41-42,44-46,49-51,53-74H2,1-4H3,(H,87,88)(H,89,90)/b13-9-,15-11-,25-21-,27-23-,35-32-,38-37-,40-34-,47-43-,52-48-. The number of phosphoric ester groups is 2. The van der Waals surface area contributed by atoms with Crippen LogP contribution in [0.1, 0.15) is 323 Å². The summed E-state index contributed by atoms with van der Waals surface area (Å²) in [7, 11) is -9.97. The molecule has 0 amide bonds. The minimum Gasteiger partial charge on any atom is -0.462 e. The third-order valence-electron chi connectivity index (χ3n) is 16.3. The molecule has 0 aliphatic rings. The van der Waals surface area contributed by atoms with Crippen LogP contribution < -0.4 is 0 Å². The summed E-state index contributed by atoms with van der Waals surface area (Å²) < 4.78 is 68.4. The summed E-state index contributed by atoms with van der Waals surface area (Å²) >= 11 is 0.